The van der Waals surface area contributed by atoms with Crippen molar-refractivity contribution in [3.8, 4) is 11.8 Å². The SMILES string of the molecule is N#Cc1ccccc1OCCNC1(C(N)=O)CC1. The van der Waals surface area contributed by atoms with Crippen LogP contribution >= 0.6 is 0 Å². The number of nitrogens with zero attached hydrogens (tertiary/aromatic N) is 1. The average Bonchev–Trinajstić information content (AvgIpc) is 3.16. The largest absolute Gasteiger partial charge is 0.491 e. The van der Waals surface area contributed by atoms with E-state index in [4.69, 9.17) is 15.7 Å². The van der Waals surface area contributed by atoms with Gasteiger partial charge in [0.2, 0.25) is 5.91 Å². The molecule has 18 heavy (non-hydrogen) atoms. The molecule has 0 atom stereocenters. The molecule has 5 heteroatoms. The van der Waals surface area contributed by atoms with Crippen LogP contribution in [-0.4, -0.2) is 24.6 Å². The van der Waals surface area contributed by atoms with Gasteiger partial charge in [-0.1, -0.05) is 12.1 Å². The zero-order chi connectivity index (χ0) is 13.0. The van der Waals surface area contributed by atoms with Gasteiger partial charge in [0, 0.05) is 6.54 Å². The predicted molar refractivity (Wildman–Crippen MR) is 65.8 cm³/mol. The van der Waals surface area contributed by atoms with Crippen molar-refractivity contribution >= 4 is 5.91 Å². The van der Waals surface area contributed by atoms with E-state index in [-0.39, 0.29) is 5.91 Å². The minimum Gasteiger partial charge on any atom is -0.491 e. The van der Waals surface area contributed by atoms with Gasteiger partial charge in [0.25, 0.3) is 0 Å². The van der Waals surface area contributed by atoms with Gasteiger partial charge >= 0.3 is 0 Å². The summed E-state index contributed by atoms with van der Waals surface area (Å²) in [7, 11) is 0. The molecule has 0 unspecified atom stereocenters. The molecule has 1 aromatic rings. The first-order chi connectivity index (χ1) is 8.68. The molecule has 2 rings (SSSR count). The van der Waals surface area contributed by atoms with Crippen LogP contribution in [-0.2, 0) is 4.79 Å². The van der Waals surface area contributed by atoms with Crippen LogP contribution in [0.4, 0.5) is 0 Å². The number of benzene rings is 1. The molecule has 0 saturated heterocycles. The van der Waals surface area contributed by atoms with Crippen LogP contribution in [0.2, 0.25) is 0 Å². The van der Waals surface area contributed by atoms with Gasteiger partial charge in [-0.05, 0) is 25.0 Å². The summed E-state index contributed by atoms with van der Waals surface area (Å²) in [6.07, 6.45) is 1.58. The van der Waals surface area contributed by atoms with E-state index in [0.29, 0.717) is 24.5 Å². The van der Waals surface area contributed by atoms with Gasteiger partial charge in [0.05, 0.1) is 11.1 Å². The second kappa shape index (κ2) is 5.07. The summed E-state index contributed by atoms with van der Waals surface area (Å²) in [6, 6.07) is 9.12. The van der Waals surface area contributed by atoms with Crippen LogP contribution in [0.1, 0.15) is 18.4 Å². The second-order valence-electron chi connectivity index (χ2n) is 4.33. The number of carbonyl (C=O) groups excluding carboxylic acids is 1. The monoisotopic (exact) mass is 245 g/mol. The Balaban J connectivity index is 1.79. The number of hydrogen-bond donors (Lipinski definition) is 2. The number of para-hydroxylation sites is 1. The molecule has 5 nitrogen and oxygen atoms in total. The number of nitrogens with two attached hydrogens (primary N) is 1. The predicted octanol–water partition coefficient (Wildman–Crippen LogP) is 0.545. The zero-order valence-corrected chi connectivity index (χ0v) is 9.98. The van der Waals surface area contributed by atoms with E-state index in [0.717, 1.165) is 12.8 Å². The third-order valence-corrected chi connectivity index (χ3v) is 3.05. The molecular formula is C13H15N3O2. The fraction of sp³-hybridized carbons (Fsp3) is 0.385. The van der Waals surface area contributed by atoms with Crippen LogP contribution < -0.4 is 15.8 Å². The van der Waals surface area contributed by atoms with Crippen LogP contribution in [0.3, 0.4) is 0 Å². The van der Waals surface area contributed by atoms with Crippen molar-refractivity contribution in [1.29, 1.82) is 5.26 Å². The number of primary amides is 1. The Hall–Kier alpha value is -2.06. The number of rotatable bonds is 6. The van der Waals surface area contributed by atoms with E-state index in [1.807, 2.05) is 6.07 Å². The smallest absolute Gasteiger partial charge is 0.237 e. The minimum atomic E-state index is -0.516. The first kappa shape index (κ1) is 12.4. The van der Waals surface area contributed by atoms with Gasteiger partial charge in [0.1, 0.15) is 18.4 Å². The Morgan fingerprint density at radius 1 is 1.50 bits per heavy atom. The van der Waals surface area contributed by atoms with E-state index in [1.54, 1.807) is 18.2 Å². The molecule has 0 bridgehead atoms. The van der Waals surface area contributed by atoms with Crippen molar-refractivity contribution in [3.63, 3.8) is 0 Å². The van der Waals surface area contributed by atoms with Crippen molar-refractivity contribution in [2.24, 2.45) is 5.73 Å². The molecular weight excluding hydrogens is 230 g/mol. The summed E-state index contributed by atoms with van der Waals surface area (Å²) >= 11 is 0. The molecule has 0 spiro atoms. The van der Waals surface area contributed by atoms with Crippen molar-refractivity contribution < 1.29 is 9.53 Å². The Labute approximate surface area is 106 Å². The first-order valence-electron chi connectivity index (χ1n) is 5.85. The normalized spacial score (nSPS) is 15.7. The van der Waals surface area contributed by atoms with Crippen molar-refractivity contribution in [2.45, 2.75) is 18.4 Å². The van der Waals surface area contributed by atoms with E-state index >= 15 is 0 Å². The summed E-state index contributed by atoms with van der Waals surface area (Å²) in [5.41, 5.74) is 5.28. The molecule has 0 radical (unpaired) electrons. The topological polar surface area (TPSA) is 88.1 Å². The maximum atomic E-state index is 11.1. The standard InChI is InChI=1S/C13H15N3O2/c14-9-10-3-1-2-4-11(10)18-8-7-16-13(5-6-13)12(15)17/h1-4,16H,5-8H2,(H2,15,17). The third kappa shape index (κ3) is 2.60. The number of carbonyl (C=O) groups is 1. The highest BCUT2D eigenvalue weighted by Gasteiger charge is 2.47. The molecule has 94 valence electrons. The molecule has 1 amide bonds. The lowest BCUT2D eigenvalue weighted by Gasteiger charge is -2.14. The highest BCUT2D eigenvalue weighted by Crippen LogP contribution is 2.34. The quantitative estimate of drug-likeness (QED) is 0.716. The maximum Gasteiger partial charge on any atom is 0.237 e. The van der Waals surface area contributed by atoms with Gasteiger partial charge in [-0.2, -0.15) is 5.26 Å². The molecule has 1 saturated carbocycles. The molecule has 1 aliphatic rings. The first-order valence-corrected chi connectivity index (χ1v) is 5.85. The van der Waals surface area contributed by atoms with E-state index in [2.05, 4.69) is 11.4 Å². The third-order valence-electron chi connectivity index (χ3n) is 3.05. The summed E-state index contributed by atoms with van der Waals surface area (Å²) < 4.78 is 5.49. The Morgan fingerprint density at radius 2 is 2.22 bits per heavy atom. The van der Waals surface area contributed by atoms with Gasteiger partial charge in [-0.25, -0.2) is 0 Å². The molecule has 3 N–H and O–H groups in total. The summed E-state index contributed by atoms with van der Waals surface area (Å²) in [4.78, 5) is 11.1. The Morgan fingerprint density at radius 3 is 2.83 bits per heavy atom. The summed E-state index contributed by atoms with van der Waals surface area (Å²) in [5.74, 6) is 0.255. The van der Waals surface area contributed by atoms with E-state index in [1.165, 1.54) is 0 Å². The lowest BCUT2D eigenvalue weighted by molar-refractivity contribution is -0.121. The number of amides is 1. The second-order valence-corrected chi connectivity index (χ2v) is 4.33. The molecule has 0 aliphatic heterocycles. The van der Waals surface area contributed by atoms with Crippen LogP contribution in [0, 0.1) is 11.3 Å². The van der Waals surface area contributed by atoms with Gasteiger partial charge in [0.15, 0.2) is 0 Å². The van der Waals surface area contributed by atoms with Crippen LogP contribution in [0.5, 0.6) is 5.75 Å². The summed E-state index contributed by atoms with van der Waals surface area (Å²) in [5, 5.41) is 12.0. The minimum absolute atomic E-state index is 0.306. The Bertz CT molecular complexity index is 489. The van der Waals surface area contributed by atoms with Crippen molar-refractivity contribution in [1.82, 2.24) is 5.32 Å². The van der Waals surface area contributed by atoms with Gasteiger partial charge < -0.3 is 10.5 Å². The Kier molecular flexibility index (Phi) is 3.49. The number of ether oxygens (including phenoxy) is 1. The highest BCUT2D eigenvalue weighted by atomic mass is 16.5. The fourth-order valence-electron chi connectivity index (χ4n) is 1.77. The molecule has 1 aromatic carbocycles. The zero-order valence-electron chi connectivity index (χ0n) is 9.98. The lowest BCUT2D eigenvalue weighted by atomic mass is 10.2. The molecule has 1 aliphatic carbocycles. The molecule has 0 heterocycles. The lowest BCUT2D eigenvalue weighted by Crippen LogP contribution is -2.45. The van der Waals surface area contributed by atoms with Crippen molar-refractivity contribution in [3.05, 3.63) is 29.8 Å². The van der Waals surface area contributed by atoms with E-state index < -0.39 is 5.54 Å². The highest BCUT2D eigenvalue weighted by molar-refractivity contribution is 5.87. The number of hydrogen-bond acceptors (Lipinski definition) is 4. The number of nitrogens with one attached hydrogen (secondary N) is 1. The number of nitriles is 1. The molecule has 0 aromatic heterocycles. The van der Waals surface area contributed by atoms with E-state index in [9.17, 15) is 4.79 Å². The van der Waals surface area contributed by atoms with Crippen molar-refractivity contribution in [2.75, 3.05) is 13.2 Å². The average molecular weight is 245 g/mol. The van der Waals surface area contributed by atoms with Gasteiger partial charge in [-0.3, -0.25) is 10.1 Å². The van der Waals surface area contributed by atoms with Crippen LogP contribution in [0.25, 0.3) is 0 Å². The fourth-order valence-corrected chi connectivity index (χ4v) is 1.77. The van der Waals surface area contributed by atoms with Crippen LogP contribution in [0.15, 0.2) is 24.3 Å². The summed E-state index contributed by atoms with van der Waals surface area (Å²) in [6.45, 7) is 0.927. The van der Waals surface area contributed by atoms with Gasteiger partial charge in [-0.15, -0.1) is 0 Å². The molecule has 1 fully saturated rings. The maximum absolute atomic E-state index is 11.1.